The number of benzene rings is 2. The van der Waals surface area contributed by atoms with Gasteiger partial charge in [0.05, 0.1) is 12.4 Å². The molecule has 1 heterocycles. The molecule has 0 saturated carbocycles. The first-order valence-corrected chi connectivity index (χ1v) is 8.13. The van der Waals surface area contributed by atoms with Gasteiger partial charge >= 0.3 is 0 Å². The van der Waals surface area contributed by atoms with Crippen LogP contribution in [-0.4, -0.2) is 15.5 Å². The van der Waals surface area contributed by atoms with Crippen molar-refractivity contribution in [2.24, 2.45) is 0 Å². The Morgan fingerprint density at radius 3 is 2.54 bits per heavy atom. The first kappa shape index (κ1) is 16.3. The molecule has 24 heavy (non-hydrogen) atoms. The molecule has 122 valence electrons. The second kappa shape index (κ2) is 7.79. The number of hydrogen-bond donors (Lipinski definition) is 1. The van der Waals surface area contributed by atoms with E-state index in [1.54, 1.807) is 23.3 Å². The lowest BCUT2D eigenvalue weighted by Gasteiger charge is -2.20. The second-order valence-electron chi connectivity index (χ2n) is 5.60. The second-order valence-corrected chi connectivity index (χ2v) is 6.03. The number of amides is 1. The van der Waals surface area contributed by atoms with Crippen LogP contribution in [0.15, 0.2) is 73.3 Å². The number of imidazole rings is 1. The van der Waals surface area contributed by atoms with Crippen molar-refractivity contribution in [3.05, 3.63) is 89.5 Å². The molecule has 0 aliphatic rings. The summed E-state index contributed by atoms with van der Waals surface area (Å²) in [6.07, 6.45) is 5.79. The maximum atomic E-state index is 12.4. The minimum absolute atomic E-state index is 0.0520. The zero-order valence-electron chi connectivity index (χ0n) is 13.1. The van der Waals surface area contributed by atoms with Crippen molar-refractivity contribution in [1.82, 2.24) is 14.9 Å². The minimum atomic E-state index is -0.110. The number of carbonyl (C=O) groups is 1. The predicted octanol–water partition coefficient (Wildman–Crippen LogP) is 3.64. The summed E-state index contributed by atoms with van der Waals surface area (Å²) >= 11 is 5.98. The van der Waals surface area contributed by atoms with E-state index >= 15 is 0 Å². The van der Waals surface area contributed by atoms with Crippen LogP contribution in [0, 0.1) is 0 Å². The Labute approximate surface area is 146 Å². The smallest absolute Gasteiger partial charge is 0.240 e. The molecule has 0 radical (unpaired) electrons. The van der Waals surface area contributed by atoms with Crippen molar-refractivity contribution in [3.63, 3.8) is 0 Å². The van der Waals surface area contributed by atoms with Gasteiger partial charge in [-0.15, -0.1) is 0 Å². The van der Waals surface area contributed by atoms with Crippen LogP contribution in [0.2, 0.25) is 5.02 Å². The standard InChI is InChI=1S/C19H18ClN3O/c20-17-8-6-16(7-9-17)18(12-15-4-2-1-3-5-15)22-19(24)13-23-11-10-21-14-23/h1-11,14,18H,12-13H2,(H,22,24). The van der Waals surface area contributed by atoms with E-state index in [0.717, 1.165) is 12.0 Å². The van der Waals surface area contributed by atoms with Crippen LogP contribution in [0.3, 0.4) is 0 Å². The number of aromatic nitrogens is 2. The van der Waals surface area contributed by atoms with E-state index in [4.69, 9.17) is 11.6 Å². The Kier molecular flexibility index (Phi) is 5.29. The Bertz CT molecular complexity index is 770. The topological polar surface area (TPSA) is 46.9 Å². The number of hydrogen-bond acceptors (Lipinski definition) is 2. The maximum Gasteiger partial charge on any atom is 0.240 e. The third-order valence-electron chi connectivity index (χ3n) is 3.78. The van der Waals surface area contributed by atoms with E-state index in [9.17, 15) is 4.79 Å². The Hall–Kier alpha value is -2.59. The van der Waals surface area contributed by atoms with Crippen molar-refractivity contribution in [2.75, 3.05) is 0 Å². The van der Waals surface area contributed by atoms with Gasteiger partial charge in [0, 0.05) is 17.4 Å². The van der Waals surface area contributed by atoms with Crippen molar-refractivity contribution in [2.45, 2.75) is 19.0 Å². The lowest BCUT2D eigenvalue weighted by Crippen LogP contribution is -2.32. The van der Waals surface area contributed by atoms with E-state index in [0.29, 0.717) is 5.02 Å². The number of halogens is 1. The van der Waals surface area contributed by atoms with E-state index in [-0.39, 0.29) is 18.5 Å². The molecule has 3 rings (SSSR count). The molecule has 1 N–H and O–H groups in total. The van der Waals surface area contributed by atoms with Crippen LogP contribution in [0.1, 0.15) is 17.2 Å². The SMILES string of the molecule is O=C(Cn1ccnc1)NC(Cc1ccccc1)c1ccc(Cl)cc1. The molecule has 5 heteroatoms. The molecule has 1 unspecified atom stereocenters. The first-order valence-electron chi connectivity index (χ1n) is 7.75. The number of carbonyl (C=O) groups excluding carboxylic acids is 1. The normalized spacial score (nSPS) is 11.9. The van der Waals surface area contributed by atoms with Gasteiger partial charge in [0.15, 0.2) is 0 Å². The molecular weight excluding hydrogens is 322 g/mol. The van der Waals surface area contributed by atoms with Crippen LogP contribution < -0.4 is 5.32 Å². The van der Waals surface area contributed by atoms with E-state index < -0.39 is 0 Å². The predicted molar refractivity (Wildman–Crippen MR) is 94.7 cm³/mol. The van der Waals surface area contributed by atoms with Gasteiger partial charge in [-0.05, 0) is 29.7 Å². The van der Waals surface area contributed by atoms with Crippen molar-refractivity contribution in [3.8, 4) is 0 Å². The highest BCUT2D eigenvalue weighted by atomic mass is 35.5. The number of rotatable bonds is 6. The van der Waals surface area contributed by atoms with E-state index in [1.165, 1.54) is 5.56 Å². The summed E-state index contributed by atoms with van der Waals surface area (Å²) in [4.78, 5) is 16.3. The van der Waals surface area contributed by atoms with Gasteiger partial charge in [-0.1, -0.05) is 54.1 Å². The molecule has 1 amide bonds. The zero-order chi connectivity index (χ0) is 16.8. The monoisotopic (exact) mass is 339 g/mol. The van der Waals surface area contributed by atoms with E-state index in [2.05, 4.69) is 22.4 Å². The fourth-order valence-electron chi connectivity index (χ4n) is 2.58. The number of nitrogens with one attached hydrogen (secondary N) is 1. The minimum Gasteiger partial charge on any atom is -0.347 e. The largest absolute Gasteiger partial charge is 0.347 e. The number of nitrogens with zero attached hydrogens (tertiary/aromatic N) is 2. The first-order chi connectivity index (χ1) is 11.7. The molecule has 4 nitrogen and oxygen atoms in total. The molecule has 0 aliphatic heterocycles. The average molecular weight is 340 g/mol. The van der Waals surface area contributed by atoms with Gasteiger partial charge in [0.25, 0.3) is 0 Å². The highest BCUT2D eigenvalue weighted by molar-refractivity contribution is 6.30. The van der Waals surface area contributed by atoms with Crippen LogP contribution in [-0.2, 0) is 17.8 Å². The third kappa shape index (κ3) is 4.46. The van der Waals surface area contributed by atoms with Crippen molar-refractivity contribution >= 4 is 17.5 Å². The molecule has 0 saturated heterocycles. The van der Waals surface area contributed by atoms with Gasteiger partial charge in [-0.25, -0.2) is 4.98 Å². The van der Waals surface area contributed by atoms with Crippen LogP contribution in [0.5, 0.6) is 0 Å². The Balaban J connectivity index is 1.76. The third-order valence-corrected chi connectivity index (χ3v) is 4.03. The van der Waals surface area contributed by atoms with Gasteiger partial charge < -0.3 is 9.88 Å². The summed E-state index contributed by atoms with van der Waals surface area (Å²) in [5.41, 5.74) is 2.20. The van der Waals surface area contributed by atoms with Gasteiger partial charge in [-0.3, -0.25) is 4.79 Å². The van der Waals surface area contributed by atoms with Crippen LogP contribution in [0.25, 0.3) is 0 Å². The molecule has 0 spiro atoms. The van der Waals surface area contributed by atoms with Gasteiger partial charge in [0.1, 0.15) is 6.54 Å². The van der Waals surface area contributed by atoms with Gasteiger partial charge in [-0.2, -0.15) is 0 Å². The lowest BCUT2D eigenvalue weighted by atomic mass is 9.99. The molecule has 1 aromatic heterocycles. The highest BCUT2D eigenvalue weighted by Gasteiger charge is 2.15. The summed E-state index contributed by atoms with van der Waals surface area (Å²) in [6, 6.07) is 17.6. The Morgan fingerprint density at radius 1 is 1.12 bits per heavy atom. The highest BCUT2D eigenvalue weighted by Crippen LogP contribution is 2.20. The summed E-state index contributed by atoms with van der Waals surface area (Å²) < 4.78 is 1.75. The molecule has 1 atom stereocenters. The molecule has 3 aromatic rings. The quantitative estimate of drug-likeness (QED) is 0.745. The molecular formula is C19H18ClN3O. The van der Waals surface area contributed by atoms with Crippen LogP contribution >= 0.6 is 11.6 Å². The lowest BCUT2D eigenvalue weighted by molar-refractivity contribution is -0.122. The van der Waals surface area contributed by atoms with Crippen molar-refractivity contribution in [1.29, 1.82) is 0 Å². The fourth-order valence-corrected chi connectivity index (χ4v) is 2.71. The molecule has 0 aliphatic carbocycles. The maximum absolute atomic E-state index is 12.4. The summed E-state index contributed by atoms with van der Waals surface area (Å²) in [7, 11) is 0. The molecule has 2 aromatic carbocycles. The summed E-state index contributed by atoms with van der Waals surface area (Å²) in [6.45, 7) is 0.249. The fraction of sp³-hybridized carbons (Fsp3) is 0.158. The zero-order valence-corrected chi connectivity index (χ0v) is 13.9. The van der Waals surface area contributed by atoms with Crippen molar-refractivity contribution < 1.29 is 4.79 Å². The molecule has 0 bridgehead atoms. The average Bonchev–Trinajstić information content (AvgIpc) is 3.09. The van der Waals surface area contributed by atoms with E-state index in [1.807, 2.05) is 42.5 Å². The van der Waals surface area contributed by atoms with Crippen LogP contribution in [0.4, 0.5) is 0 Å². The Morgan fingerprint density at radius 2 is 1.88 bits per heavy atom. The summed E-state index contributed by atoms with van der Waals surface area (Å²) in [5.74, 6) is -0.0520. The van der Waals surface area contributed by atoms with Gasteiger partial charge in [0.2, 0.25) is 5.91 Å². The molecule has 0 fully saturated rings. The summed E-state index contributed by atoms with van der Waals surface area (Å²) in [5, 5.41) is 3.79.